The van der Waals surface area contributed by atoms with Gasteiger partial charge in [0.25, 0.3) is 5.91 Å². The van der Waals surface area contributed by atoms with E-state index in [2.05, 4.69) is 5.32 Å². The summed E-state index contributed by atoms with van der Waals surface area (Å²) in [6, 6.07) is 21.8. The first-order valence-electron chi connectivity index (χ1n) is 10.7. The van der Waals surface area contributed by atoms with E-state index in [0.29, 0.717) is 24.4 Å². The molecule has 0 aliphatic carbocycles. The fourth-order valence-corrected chi connectivity index (χ4v) is 4.68. The topological polar surface area (TPSA) is 109 Å². The number of carbonyl (C=O) groups excluding carboxylic acids is 1. The fraction of sp³-hybridized carbons (Fsp3) is 0.200. The monoisotopic (exact) mass is 479 g/mol. The van der Waals surface area contributed by atoms with Gasteiger partial charge in [0.05, 0.1) is 16.1 Å². The van der Waals surface area contributed by atoms with Crippen molar-refractivity contribution in [1.29, 1.82) is 5.26 Å². The number of hydrogen-bond donors (Lipinski definition) is 1. The van der Waals surface area contributed by atoms with Crippen molar-refractivity contribution in [2.75, 3.05) is 25.0 Å². The maximum atomic E-state index is 13.0. The lowest BCUT2D eigenvalue weighted by Crippen LogP contribution is -2.30. The van der Waals surface area contributed by atoms with E-state index < -0.39 is 15.9 Å². The first-order chi connectivity index (χ1) is 16.4. The number of para-hydroxylation sites is 2. The molecule has 176 valence electrons. The summed E-state index contributed by atoms with van der Waals surface area (Å²) in [5.41, 5.74) is 0.481. The molecule has 0 aliphatic heterocycles. The third-order valence-corrected chi connectivity index (χ3v) is 6.95. The minimum absolute atomic E-state index is 0.0302. The number of carbonyl (C=O) groups is 1. The number of anilines is 1. The van der Waals surface area contributed by atoms with Crippen LogP contribution in [0.25, 0.3) is 0 Å². The quantitative estimate of drug-likeness (QED) is 0.462. The summed E-state index contributed by atoms with van der Waals surface area (Å²) < 4.78 is 38.7. The lowest BCUT2D eigenvalue weighted by Gasteiger charge is -2.20. The summed E-state index contributed by atoms with van der Waals surface area (Å²) in [6.07, 6.45) is 0. The Balaban J connectivity index is 1.88. The first-order valence-corrected chi connectivity index (χ1v) is 12.1. The number of benzene rings is 3. The minimum Gasteiger partial charge on any atom is -0.482 e. The molecule has 0 unspecified atom stereocenters. The largest absolute Gasteiger partial charge is 0.482 e. The SMILES string of the molecule is CCN(CC)S(=O)(=O)c1ccc(Oc2ccccc2)c(NC(=O)COc2ccccc2C#N)c1. The molecule has 0 fully saturated rings. The third-order valence-electron chi connectivity index (χ3n) is 4.91. The molecule has 0 spiro atoms. The van der Waals surface area contributed by atoms with E-state index in [9.17, 15) is 18.5 Å². The number of hydrogen-bond acceptors (Lipinski definition) is 6. The average molecular weight is 480 g/mol. The molecular formula is C25H25N3O5S. The van der Waals surface area contributed by atoms with Crippen molar-refractivity contribution in [2.45, 2.75) is 18.7 Å². The summed E-state index contributed by atoms with van der Waals surface area (Å²) in [7, 11) is -3.75. The van der Waals surface area contributed by atoms with Crippen LogP contribution in [0.1, 0.15) is 19.4 Å². The molecule has 1 N–H and O–H groups in total. The number of amides is 1. The van der Waals surface area contributed by atoms with Crippen molar-refractivity contribution < 1.29 is 22.7 Å². The van der Waals surface area contributed by atoms with Crippen LogP contribution in [0.15, 0.2) is 77.7 Å². The zero-order valence-electron chi connectivity index (χ0n) is 18.9. The molecular weight excluding hydrogens is 454 g/mol. The molecule has 3 aromatic rings. The lowest BCUT2D eigenvalue weighted by atomic mass is 10.2. The van der Waals surface area contributed by atoms with Crippen molar-refractivity contribution in [2.24, 2.45) is 0 Å². The first kappa shape index (κ1) is 24.8. The molecule has 0 aromatic heterocycles. The summed E-state index contributed by atoms with van der Waals surface area (Å²) in [6.45, 7) is 3.76. The van der Waals surface area contributed by atoms with Gasteiger partial charge < -0.3 is 14.8 Å². The number of sulfonamides is 1. The van der Waals surface area contributed by atoms with Crippen molar-refractivity contribution in [3.05, 3.63) is 78.4 Å². The van der Waals surface area contributed by atoms with Crippen molar-refractivity contribution in [1.82, 2.24) is 4.31 Å². The van der Waals surface area contributed by atoms with Crippen LogP contribution < -0.4 is 14.8 Å². The van der Waals surface area contributed by atoms with E-state index in [0.717, 1.165) is 0 Å². The number of nitrogens with one attached hydrogen (secondary N) is 1. The van der Waals surface area contributed by atoms with Gasteiger partial charge >= 0.3 is 0 Å². The summed E-state index contributed by atoms with van der Waals surface area (Å²) >= 11 is 0. The van der Waals surface area contributed by atoms with Crippen LogP contribution >= 0.6 is 0 Å². The second-order valence-electron chi connectivity index (χ2n) is 7.11. The van der Waals surface area contributed by atoms with E-state index in [1.54, 1.807) is 62.4 Å². The molecule has 0 radical (unpaired) electrons. The van der Waals surface area contributed by atoms with E-state index in [-0.39, 0.29) is 28.7 Å². The van der Waals surface area contributed by atoms with Gasteiger partial charge in [0.15, 0.2) is 12.4 Å². The number of ether oxygens (including phenoxy) is 2. The maximum absolute atomic E-state index is 13.0. The predicted molar refractivity (Wildman–Crippen MR) is 128 cm³/mol. The zero-order chi connectivity index (χ0) is 24.6. The highest BCUT2D eigenvalue weighted by Crippen LogP contribution is 2.33. The maximum Gasteiger partial charge on any atom is 0.262 e. The molecule has 0 saturated heterocycles. The summed E-state index contributed by atoms with van der Waals surface area (Å²) in [5, 5.41) is 11.9. The van der Waals surface area contributed by atoms with Crippen LogP contribution in [0.3, 0.4) is 0 Å². The number of rotatable bonds is 10. The van der Waals surface area contributed by atoms with Gasteiger partial charge in [-0.3, -0.25) is 4.79 Å². The Hall–Kier alpha value is -3.87. The minimum atomic E-state index is -3.75. The average Bonchev–Trinajstić information content (AvgIpc) is 2.85. The molecule has 3 aromatic carbocycles. The number of nitrogens with zero attached hydrogens (tertiary/aromatic N) is 2. The van der Waals surface area contributed by atoms with Crippen LogP contribution in [0.4, 0.5) is 5.69 Å². The molecule has 8 nitrogen and oxygen atoms in total. The molecule has 0 aliphatic rings. The Labute approximate surface area is 199 Å². The van der Waals surface area contributed by atoms with Gasteiger partial charge in [0, 0.05) is 13.1 Å². The van der Waals surface area contributed by atoms with Gasteiger partial charge in [0.2, 0.25) is 10.0 Å². The lowest BCUT2D eigenvalue weighted by molar-refractivity contribution is -0.118. The molecule has 34 heavy (non-hydrogen) atoms. The van der Waals surface area contributed by atoms with E-state index in [1.807, 2.05) is 12.1 Å². The van der Waals surface area contributed by atoms with E-state index in [4.69, 9.17) is 9.47 Å². The fourth-order valence-electron chi connectivity index (χ4n) is 3.20. The summed E-state index contributed by atoms with van der Waals surface area (Å²) in [5.74, 6) is 0.536. The third kappa shape index (κ3) is 5.92. The predicted octanol–water partition coefficient (Wildman–Crippen LogP) is 4.40. The van der Waals surface area contributed by atoms with Crippen LogP contribution in [-0.4, -0.2) is 38.3 Å². The van der Waals surface area contributed by atoms with Gasteiger partial charge in [-0.1, -0.05) is 44.2 Å². The van der Waals surface area contributed by atoms with Crippen LogP contribution in [-0.2, 0) is 14.8 Å². The van der Waals surface area contributed by atoms with E-state index in [1.165, 1.54) is 22.5 Å². The smallest absolute Gasteiger partial charge is 0.262 e. The van der Waals surface area contributed by atoms with Gasteiger partial charge in [-0.15, -0.1) is 0 Å². The van der Waals surface area contributed by atoms with Crippen LogP contribution in [0.5, 0.6) is 17.2 Å². The molecule has 1 amide bonds. The van der Waals surface area contributed by atoms with Gasteiger partial charge in [0.1, 0.15) is 17.6 Å². The normalized spacial score (nSPS) is 11.0. The Morgan fingerprint density at radius 2 is 1.65 bits per heavy atom. The highest BCUT2D eigenvalue weighted by molar-refractivity contribution is 7.89. The second kappa shape index (κ2) is 11.3. The molecule has 3 rings (SSSR count). The van der Waals surface area contributed by atoms with Crippen LogP contribution in [0, 0.1) is 11.3 Å². The summed E-state index contributed by atoms with van der Waals surface area (Å²) in [4.78, 5) is 12.7. The highest BCUT2D eigenvalue weighted by Gasteiger charge is 2.23. The second-order valence-corrected chi connectivity index (χ2v) is 9.05. The molecule has 0 bridgehead atoms. The highest BCUT2D eigenvalue weighted by atomic mass is 32.2. The Bertz CT molecular complexity index is 1280. The van der Waals surface area contributed by atoms with Gasteiger partial charge in [-0.05, 0) is 42.5 Å². The van der Waals surface area contributed by atoms with Gasteiger partial charge in [-0.25, -0.2) is 8.42 Å². The standard InChI is InChI=1S/C25H25N3O5S/c1-3-28(4-2)34(30,31)21-14-15-24(33-20-11-6-5-7-12-20)22(16-21)27-25(29)18-32-23-13-9-8-10-19(23)17-26/h5-16H,3-4,18H2,1-2H3,(H,27,29). The zero-order valence-corrected chi connectivity index (χ0v) is 19.7. The molecule has 0 saturated carbocycles. The molecule has 9 heteroatoms. The van der Waals surface area contributed by atoms with Gasteiger partial charge in [-0.2, -0.15) is 9.57 Å². The Kier molecular flexibility index (Phi) is 8.24. The Morgan fingerprint density at radius 1 is 0.971 bits per heavy atom. The molecule has 0 heterocycles. The van der Waals surface area contributed by atoms with Crippen molar-refractivity contribution in [3.8, 4) is 23.3 Å². The van der Waals surface area contributed by atoms with Crippen molar-refractivity contribution >= 4 is 21.6 Å². The Morgan fingerprint density at radius 3 is 2.32 bits per heavy atom. The number of nitriles is 1. The van der Waals surface area contributed by atoms with Crippen molar-refractivity contribution in [3.63, 3.8) is 0 Å². The van der Waals surface area contributed by atoms with Crippen LogP contribution in [0.2, 0.25) is 0 Å². The van der Waals surface area contributed by atoms with E-state index >= 15 is 0 Å². The molecule has 0 atom stereocenters.